The van der Waals surface area contributed by atoms with Gasteiger partial charge < -0.3 is 9.84 Å². The number of hydrogen-bond donors (Lipinski definition) is 1. The number of rotatable bonds is 5. The standard InChI is InChI=1S/C15H15NO4/c1-3-20-15(19)13(8-14(17)18)10(2)12-6-4-5-11(7-12)9-16/h4-7H,3,8H2,1-2H3,(H,17,18)/b13-10-. The molecule has 1 N–H and O–H groups in total. The highest BCUT2D eigenvalue weighted by atomic mass is 16.5. The highest BCUT2D eigenvalue weighted by molar-refractivity contribution is 6.01. The van der Waals surface area contributed by atoms with Crippen molar-refractivity contribution in [3.8, 4) is 6.07 Å². The third-order valence-electron chi connectivity index (χ3n) is 2.73. The molecule has 5 nitrogen and oxygen atoms in total. The monoisotopic (exact) mass is 273 g/mol. The van der Waals surface area contributed by atoms with Gasteiger partial charge in [0.05, 0.1) is 30.2 Å². The van der Waals surface area contributed by atoms with Gasteiger partial charge in [-0.1, -0.05) is 12.1 Å². The van der Waals surface area contributed by atoms with Crippen LogP contribution in [0.5, 0.6) is 0 Å². The highest BCUT2D eigenvalue weighted by Crippen LogP contribution is 2.22. The Balaban J connectivity index is 3.28. The fourth-order valence-electron chi connectivity index (χ4n) is 1.72. The Kier molecular flexibility index (Phi) is 5.48. The van der Waals surface area contributed by atoms with Gasteiger partial charge in [0.15, 0.2) is 0 Å². The van der Waals surface area contributed by atoms with Crippen LogP contribution in [0.15, 0.2) is 29.8 Å². The number of carbonyl (C=O) groups is 2. The van der Waals surface area contributed by atoms with Crippen molar-refractivity contribution in [3.05, 3.63) is 41.0 Å². The molecule has 0 aliphatic carbocycles. The number of benzene rings is 1. The number of esters is 1. The maximum atomic E-state index is 11.8. The fraction of sp³-hybridized carbons (Fsp3) is 0.267. The number of nitriles is 1. The molecule has 1 aromatic rings. The Bertz CT molecular complexity index is 596. The first-order valence-corrected chi connectivity index (χ1v) is 6.08. The van der Waals surface area contributed by atoms with Crippen LogP contribution in [0.1, 0.15) is 31.4 Å². The Morgan fingerprint density at radius 2 is 2.10 bits per heavy atom. The molecule has 5 heteroatoms. The molecule has 0 spiro atoms. The number of carboxylic acids is 1. The van der Waals surface area contributed by atoms with Crippen molar-refractivity contribution in [2.45, 2.75) is 20.3 Å². The van der Waals surface area contributed by atoms with Gasteiger partial charge in [-0.2, -0.15) is 5.26 Å². The van der Waals surface area contributed by atoms with Crippen LogP contribution in [-0.4, -0.2) is 23.7 Å². The molecular formula is C15H15NO4. The van der Waals surface area contributed by atoms with Crippen LogP contribution in [0.2, 0.25) is 0 Å². The lowest BCUT2D eigenvalue weighted by molar-refractivity contribution is -0.142. The minimum atomic E-state index is -1.11. The van der Waals surface area contributed by atoms with Crippen LogP contribution in [0.3, 0.4) is 0 Å². The lowest BCUT2D eigenvalue weighted by Crippen LogP contribution is -2.13. The van der Waals surface area contributed by atoms with E-state index >= 15 is 0 Å². The van der Waals surface area contributed by atoms with Crippen molar-refractivity contribution >= 4 is 17.5 Å². The van der Waals surface area contributed by atoms with Gasteiger partial charge in [0, 0.05) is 0 Å². The van der Waals surface area contributed by atoms with Gasteiger partial charge >= 0.3 is 11.9 Å². The predicted molar refractivity (Wildman–Crippen MR) is 72.6 cm³/mol. The van der Waals surface area contributed by atoms with Crippen LogP contribution in [0.25, 0.3) is 5.57 Å². The van der Waals surface area contributed by atoms with Crippen LogP contribution < -0.4 is 0 Å². The molecule has 0 fully saturated rings. The summed E-state index contributed by atoms with van der Waals surface area (Å²) >= 11 is 0. The number of nitrogens with zero attached hydrogens (tertiary/aromatic N) is 1. The number of ether oxygens (including phenoxy) is 1. The molecule has 0 aromatic heterocycles. The van der Waals surface area contributed by atoms with Crippen molar-refractivity contribution < 1.29 is 19.4 Å². The molecule has 1 aromatic carbocycles. The number of allylic oxidation sites excluding steroid dienone is 1. The van der Waals surface area contributed by atoms with Crippen LogP contribution in [-0.2, 0) is 14.3 Å². The SMILES string of the molecule is CCOC(=O)/C(CC(=O)O)=C(/C)c1cccc(C#N)c1. The van der Waals surface area contributed by atoms with E-state index < -0.39 is 18.4 Å². The maximum absolute atomic E-state index is 11.8. The van der Waals surface area contributed by atoms with Gasteiger partial charge in [0.2, 0.25) is 0 Å². The minimum Gasteiger partial charge on any atom is -0.481 e. The first kappa shape index (κ1) is 15.4. The molecule has 0 heterocycles. The lowest BCUT2D eigenvalue weighted by atomic mass is 9.98. The maximum Gasteiger partial charge on any atom is 0.334 e. The second-order valence-electron chi connectivity index (χ2n) is 4.09. The molecule has 0 radical (unpaired) electrons. The van der Waals surface area contributed by atoms with Crippen LogP contribution in [0.4, 0.5) is 0 Å². The lowest BCUT2D eigenvalue weighted by Gasteiger charge is -2.10. The highest BCUT2D eigenvalue weighted by Gasteiger charge is 2.18. The molecule has 0 atom stereocenters. The van der Waals surface area contributed by atoms with Gasteiger partial charge in [-0.15, -0.1) is 0 Å². The van der Waals surface area contributed by atoms with Crippen LogP contribution >= 0.6 is 0 Å². The Hall–Kier alpha value is -2.61. The van der Waals surface area contributed by atoms with Gasteiger partial charge in [0.1, 0.15) is 0 Å². The van der Waals surface area contributed by atoms with E-state index in [1.165, 1.54) is 0 Å². The second kappa shape index (κ2) is 7.10. The third-order valence-corrected chi connectivity index (χ3v) is 2.73. The number of carbonyl (C=O) groups excluding carboxylic acids is 1. The zero-order chi connectivity index (χ0) is 15.1. The Morgan fingerprint density at radius 3 is 2.65 bits per heavy atom. The van der Waals surface area contributed by atoms with E-state index in [9.17, 15) is 9.59 Å². The summed E-state index contributed by atoms with van der Waals surface area (Å²) in [5, 5.41) is 17.8. The van der Waals surface area contributed by atoms with Crippen molar-refractivity contribution in [3.63, 3.8) is 0 Å². The molecule has 0 saturated heterocycles. The average molecular weight is 273 g/mol. The van der Waals surface area contributed by atoms with Gasteiger partial charge in [0.25, 0.3) is 0 Å². The topological polar surface area (TPSA) is 87.4 Å². The molecular weight excluding hydrogens is 258 g/mol. The molecule has 0 aliphatic heterocycles. The third kappa shape index (κ3) is 3.95. The van der Waals surface area contributed by atoms with Gasteiger partial charge in [-0.3, -0.25) is 4.79 Å². The summed E-state index contributed by atoms with van der Waals surface area (Å²) in [5.41, 5.74) is 1.67. The Morgan fingerprint density at radius 1 is 1.40 bits per heavy atom. The average Bonchev–Trinajstić information content (AvgIpc) is 2.44. The summed E-state index contributed by atoms with van der Waals surface area (Å²) in [6.45, 7) is 3.47. The molecule has 0 saturated carbocycles. The van der Waals surface area contributed by atoms with Crippen molar-refractivity contribution in [1.29, 1.82) is 5.26 Å². The molecule has 20 heavy (non-hydrogen) atoms. The molecule has 1 rings (SSSR count). The summed E-state index contributed by atoms with van der Waals surface area (Å²) < 4.78 is 4.88. The first-order chi connectivity index (χ1) is 9.49. The van der Waals surface area contributed by atoms with E-state index in [1.54, 1.807) is 38.1 Å². The minimum absolute atomic E-state index is 0.0921. The largest absolute Gasteiger partial charge is 0.481 e. The normalized spacial score (nSPS) is 11.2. The summed E-state index contributed by atoms with van der Waals surface area (Å²) in [6, 6.07) is 8.65. The molecule has 0 bridgehead atoms. The number of hydrogen-bond acceptors (Lipinski definition) is 4. The van der Waals surface area contributed by atoms with Crippen molar-refractivity contribution in [2.75, 3.05) is 6.61 Å². The number of aliphatic carboxylic acids is 1. The number of carboxylic acid groups (broad SMARTS) is 1. The summed E-state index contributed by atoms with van der Waals surface area (Å²) in [7, 11) is 0. The summed E-state index contributed by atoms with van der Waals surface area (Å²) in [6.07, 6.45) is -0.415. The van der Waals surface area contributed by atoms with Crippen molar-refractivity contribution in [1.82, 2.24) is 0 Å². The van der Waals surface area contributed by atoms with Crippen LogP contribution in [0, 0.1) is 11.3 Å². The molecule has 0 aliphatic rings. The van der Waals surface area contributed by atoms with E-state index in [0.717, 1.165) is 0 Å². The quantitative estimate of drug-likeness (QED) is 0.657. The molecule has 0 amide bonds. The smallest absolute Gasteiger partial charge is 0.334 e. The zero-order valence-electron chi connectivity index (χ0n) is 11.3. The molecule has 0 unspecified atom stereocenters. The fourth-order valence-corrected chi connectivity index (χ4v) is 1.72. The molecule has 104 valence electrons. The van der Waals surface area contributed by atoms with Gasteiger partial charge in [-0.25, -0.2) is 4.79 Å². The first-order valence-electron chi connectivity index (χ1n) is 6.08. The zero-order valence-corrected chi connectivity index (χ0v) is 11.3. The summed E-state index contributed by atoms with van der Waals surface area (Å²) in [5.74, 6) is -1.75. The van der Waals surface area contributed by atoms with Crippen molar-refractivity contribution in [2.24, 2.45) is 0 Å². The Labute approximate surface area is 117 Å². The predicted octanol–water partition coefficient (Wildman–Crippen LogP) is 2.37. The van der Waals surface area contributed by atoms with E-state index in [0.29, 0.717) is 16.7 Å². The van der Waals surface area contributed by atoms with E-state index in [-0.39, 0.29) is 12.2 Å². The summed E-state index contributed by atoms with van der Waals surface area (Å²) in [4.78, 5) is 22.7. The van der Waals surface area contributed by atoms with E-state index in [1.807, 2.05) is 6.07 Å². The second-order valence-corrected chi connectivity index (χ2v) is 4.09. The van der Waals surface area contributed by atoms with E-state index in [2.05, 4.69) is 0 Å². The van der Waals surface area contributed by atoms with E-state index in [4.69, 9.17) is 15.1 Å². The van der Waals surface area contributed by atoms with Gasteiger partial charge in [-0.05, 0) is 37.1 Å².